The van der Waals surface area contributed by atoms with Gasteiger partial charge in [0.2, 0.25) is 0 Å². The van der Waals surface area contributed by atoms with E-state index in [4.69, 9.17) is 11.6 Å². The quantitative estimate of drug-likeness (QED) is 0.810. The van der Waals surface area contributed by atoms with Crippen LogP contribution in [0, 0.1) is 5.82 Å². The molecule has 0 saturated carbocycles. The van der Waals surface area contributed by atoms with E-state index in [1.54, 1.807) is 18.3 Å². The monoisotopic (exact) mass is 225 g/mol. The van der Waals surface area contributed by atoms with Crippen LogP contribution in [-0.2, 0) is 0 Å². The van der Waals surface area contributed by atoms with Crippen LogP contribution in [0.1, 0.15) is 17.4 Å². The molecule has 78 valence electrons. The molecule has 15 heavy (non-hydrogen) atoms. The van der Waals surface area contributed by atoms with Gasteiger partial charge in [-0.3, -0.25) is 0 Å². The molecule has 1 unspecified atom stereocenters. The van der Waals surface area contributed by atoms with Gasteiger partial charge in [-0.25, -0.2) is 4.39 Å². The molecule has 0 radical (unpaired) electrons. The highest BCUT2D eigenvalue weighted by molar-refractivity contribution is 6.31. The van der Waals surface area contributed by atoms with E-state index in [-0.39, 0.29) is 5.02 Å². The van der Waals surface area contributed by atoms with Crippen LogP contribution in [0.15, 0.2) is 36.5 Å². The van der Waals surface area contributed by atoms with Gasteiger partial charge in [0.25, 0.3) is 0 Å². The number of aliphatic hydroxyl groups excluding tert-OH is 1. The number of aromatic amines is 1. The lowest BCUT2D eigenvalue weighted by Crippen LogP contribution is -2.00. The van der Waals surface area contributed by atoms with Gasteiger partial charge in [0, 0.05) is 22.5 Å². The molecule has 4 heteroatoms. The summed E-state index contributed by atoms with van der Waals surface area (Å²) in [6.07, 6.45) is 0.851. The van der Waals surface area contributed by atoms with E-state index >= 15 is 0 Å². The number of hydrogen-bond acceptors (Lipinski definition) is 1. The summed E-state index contributed by atoms with van der Waals surface area (Å²) in [5.74, 6) is -0.414. The van der Waals surface area contributed by atoms with Crippen LogP contribution < -0.4 is 0 Å². The van der Waals surface area contributed by atoms with E-state index in [0.29, 0.717) is 11.3 Å². The number of rotatable bonds is 2. The molecule has 1 atom stereocenters. The van der Waals surface area contributed by atoms with E-state index in [9.17, 15) is 9.50 Å². The van der Waals surface area contributed by atoms with Crippen molar-refractivity contribution in [1.29, 1.82) is 0 Å². The summed E-state index contributed by atoms with van der Waals surface area (Å²) in [5.41, 5.74) is 1.11. The summed E-state index contributed by atoms with van der Waals surface area (Å²) in [7, 11) is 0. The van der Waals surface area contributed by atoms with Crippen molar-refractivity contribution >= 4 is 11.6 Å². The summed E-state index contributed by atoms with van der Waals surface area (Å²) < 4.78 is 12.8. The highest BCUT2D eigenvalue weighted by Crippen LogP contribution is 2.27. The third kappa shape index (κ3) is 2.03. The molecule has 1 aromatic carbocycles. The van der Waals surface area contributed by atoms with E-state index in [2.05, 4.69) is 4.98 Å². The second-order valence-corrected chi connectivity index (χ2v) is 3.60. The predicted octanol–water partition coefficient (Wildman–Crippen LogP) is 2.89. The number of nitrogens with one attached hydrogen (secondary N) is 1. The Morgan fingerprint density at radius 2 is 2.13 bits per heavy atom. The van der Waals surface area contributed by atoms with Gasteiger partial charge in [0.15, 0.2) is 0 Å². The van der Waals surface area contributed by atoms with Crippen LogP contribution in [0.2, 0.25) is 5.02 Å². The Labute approximate surface area is 91.3 Å². The van der Waals surface area contributed by atoms with Gasteiger partial charge in [-0.15, -0.1) is 0 Å². The van der Waals surface area contributed by atoms with Crippen LogP contribution >= 0.6 is 11.6 Å². The molecule has 2 aromatic rings. The second-order valence-electron chi connectivity index (χ2n) is 3.19. The third-order valence-corrected chi connectivity index (χ3v) is 2.50. The first kappa shape index (κ1) is 10.2. The fourth-order valence-corrected chi connectivity index (χ4v) is 1.68. The zero-order valence-electron chi connectivity index (χ0n) is 7.74. The minimum atomic E-state index is -0.854. The van der Waals surface area contributed by atoms with Crippen molar-refractivity contribution in [3.8, 4) is 0 Å². The van der Waals surface area contributed by atoms with Gasteiger partial charge >= 0.3 is 0 Å². The fourth-order valence-electron chi connectivity index (χ4n) is 1.41. The van der Waals surface area contributed by atoms with E-state index in [1.807, 2.05) is 0 Å². The van der Waals surface area contributed by atoms with Crippen LogP contribution in [-0.4, -0.2) is 10.1 Å². The molecule has 0 spiro atoms. The normalized spacial score (nSPS) is 12.7. The molecule has 0 saturated heterocycles. The van der Waals surface area contributed by atoms with Crippen molar-refractivity contribution < 1.29 is 9.50 Å². The second kappa shape index (κ2) is 4.04. The summed E-state index contributed by atoms with van der Waals surface area (Å²) in [5, 5.41) is 10.1. The molecule has 0 aliphatic heterocycles. The lowest BCUT2D eigenvalue weighted by atomic mass is 10.1. The van der Waals surface area contributed by atoms with Crippen LogP contribution in [0.25, 0.3) is 0 Å². The number of H-pyrrole nitrogens is 1. The molecule has 0 fully saturated rings. The first-order chi connectivity index (χ1) is 7.18. The van der Waals surface area contributed by atoms with E-state index < -0.39 is 11.9 Å². The van der Waals surface area contributed by atoms with Crippen LogP contribution in [0.3, 0.4) is 0 Å². The molecule has 2 nitrogen and oxygen atoms in total. The maximum atomic E-state index is 12.8. The Balaban J connectivity index is 2.38. The van der Waals surface area contributed by atoms with Gasteiger partial charge in [-0.1, -0.05) is 17.7 Å². The minimum Gasteiger partial charge on any atom is -0.382 e. The Hall–Kier alpha value is -1.32. The smallest absolute Gasteiger partial charge is 0.124 e. The first-order valence-corrected chi connectivity index (χ1v) is 4.82. The van der Waals surface area contributed by atoms with Crippen molar-refractivity contribution in [2.24, 2.45) is 0 Å². The van der Waals surface area contributed by atoms with Crippen molar-refractivity contribution in [2.45, 2.75) is 6.10 Å². The summed E-state index contributed by atoms with van der Waals surface area (Å²) in [6, 6.07) is 7.44. The predicted molar refractivity (Wildman–Crippen MR) is 56.3 cm³/mol. The molecule has 1 aromatic heterocycles. The van der Waals surface area contributed by atoms with Crippen molar-refractivity contribution in [1.82, 2.24) is 4.98 Å². The Morgan fingerprint density at radius 1 is 1.33 bits per heavy atom. The van der Waals surface area contributed by atoms with Gasteiger partial charge in [-0.05, 0) is 24.3 Å². The molecule has 1 heterocycles. The average molecular weight is 226 g/mol. The Kier molecular flexibility index (Phi) is 2.75. The molecule has 2 N–H and O–H groups in total. The molecular weight excluding hydrogens is 217 g/mol. The fraction of sp³-hybridized carbons (Fsp3) is 0.0909. The molecule has 0 bridgehead atoms. The van der Waals surface area contributed by atoms with Crippen molar-refractivity contribution in [3.05, 3.63) is 58.6 Å². The van der Waals surface area contributed by atoms with Crippen molar-refractivity contribution in [3.63, 3.8) is 0 Å². The molecule has 0 amide bonds. The molecule has 0 aliphatic rings. The molecule has 0 aliphatic carbocycles. The average Bonchev–Trinajstić information content (AvgIpc) is 2.69. The third-order valence-electron chi connectivity index (χ3n) is 2.17. The highest BCUT2D eigenvalue weighted by Gasteiger charge is 2.14. The first-order valence-electron chi connectivity index (χ1n) is 4.45. The van der Waals surface area contributed by atoms with Gasteiger partial charge in [-0.2, -0.15) is 0 Å². The van der Waals surface area contributed by atoms with E-state index in [1.165, 1.54) is 18.2 Å². The largest absolute Gasteiger partial charge is 0.382 e. The highest BCUT2D eigenvalue weighted by atomic mass is 35.5. The lowest BCUT2D eigenvalue weighted by Gasteiger charge is -2.10. The molecular formula is C11H9ClFNO. The summed E-state index contributed by atoms with van der Waals surface area (Å²) >= 11 is 5.83. The number of halogens is 2. The summed E-state index contributed by atoms with van der Waals surface area (Å²) in [6.45, 7) is 0. The van der Waals surface area contributed by atoms with Gasteiger partial charge in [0.05, 0.1) is 0 Å². The van der Waals surface area contributed by atoms with Crippen LogP contribution in [0.5, 0.6) is 0 Å². The van der Waals surface area contributed by atoms with Crippen LogP contribution in [0.4, 0.5) is 4.39 Å². The number of hydrogen-bond donors (Lipinski definition) is 2. The maximum absolute atomic E-state index is 12.8. The summed E-state index contributed by atoms with van der Waals surface area (Å²) in [4.78, 5) is 2.87. The van der Waals surface area contributed by atoms with Gasteiger partial charge < -0.3 is 10.1 Å². The molecule has 2 rings (SSSR count). The van der Waals surface area contributed by atoms with Crippen molar-refractivity contribution in [2.75, 3.05) is 0 Å². The zero-order chi connectivity index (χ0) is 10.8. The van der Waals surface area contributed by atoms with E-state index in [0.717, 1.165) is 0 Å². The topological polar surface area (TPSA) is 36.0 Å². The number of aliphatic hydroxyl groups is 1. The lowest BCUT2D eigenvalue weighted by molar-refractivity contribution is 0.216. The number of benzene rings is 1. The maximum Gasteiger partial charge on any atom is 0.124 e. The Morgan fingerprint density at radius 3 is 2.73 bits per heavy atom. The van der Waals surface area contributed by atoms with Gasteiger partial charge in [0.1, 0.15) is 11.9 Å². The standard InChI is InChI=1S/C11H9ClFNO/c12-9-6-7(13)3-4-8(9)11(15)10-2-1-5-14-10/h1-6,11,14-15H. The minimum absolute atomic E-state index is 0.220. The number of aromatic nitrogens is 1. The Bertz CT molecular complexity index is 456. The SMILES string of the molecule is OC(c1ccc[nH]1)c1ccc(F)cc1Cl. The zero-order valence-corrected chi connectivity index (χ0v) is 8.50.